The molecular weight excluding hydrogens is 294 g/mol. The van der Waals surface area contributed by atoms with E-state index < -0.39 is 0 Å². The first-order valence-electron chi connectivity index (χ1n) is 5.53. The van der Waals surface area contributed by atoms with E-state index in [9.17, 15) is 0 Å². The quantitative estimate of drug-likeness (QED) is 0.936. The lowest BCUT2D eigenvalue weighted by atomic mass is 10.2. The zero-order chi connectivity index (χ0) is 13.0. The summed E-state index contributed by atoms with van der Waals surface area (Å²) in [6, 6.07) is 13.3. The molecular formula is C14H14BrNO2. The van der Waals surface area contributed by atoms with Crippen LogP contribution in [0, 0.1) is 0 Å². The van der Waals surface area contributed by atoms with Crippen molar-refractivity contribution in [3.8, 4) is 17.2 Å². The summed E-state index contributed by atoms with van der Waals surface area (Å²) in [6.07, 6.45) is 0. The van der Waals surface area contributed by atoms with Crippen LogP contribution in [0.4, 0.5) is 0 Å². The number of nitrogens with two attached hydrogens (primary N) is 1. The highest BCUT2D eigenvalue weighted by Crippen LogP contribution is 2.30. The molecule has 2 aromatic carbocycles. The molecule has 4 heteroatoms. The lowest BCUT2D eigenvalue weighted by Crippen LogP contribution is -2.00. The average Bonchev–Trinajstić information content (AvgIpc) is 2.38. The van der Waals surface area contributed by atoms with Crippen molar-refractivity contribution >= 4 is 15.9 Å². The third-order valence-electron chi connectivity index (χ3n) is 2.52. The fourth-order valence-electron chi connectivity index (χ4n) is 1.58. The summed E-state index contributed by atoms with van der Waals surface area (Å²) in [5.41, 5.74) is 6.64. The van der Waals surface area contributed by atoms with Gasteiger partial charge in [0, 0.05) is 22.6 Å². The summed E-state index contributed by atoms with van der Waals surface area (Å²) < 4.78 is 12.0. The highest BCUT2D eigenvalue weighted by Gasteiger charge is 2.06. The zero-order valence-electron chi connectivity index (χ0n) is 10.0. The van der Waals surface area contributed by atoms with E-state index >= 15 is 0 Å². The fraction of sp³-hybridized carbons (Fsp3) is 0.143. The number of hydrogen-bond acceptors (Lipinski definition) is 3. The van der Waals surface area contributed by atoms with Gasteiger partial charge < -0.3 is 15.2 Å². The van der Waals surface area contributed by atoms with E-state index in [0.29, 0.717) is 6.54 Å². The number of rotatable bonds is 4. The second kappa shape index (κ2) is 5.89. The molecule has 0 atom stereocenters. The Morgan fingerprint density at radius 1 is 1.11 bits per heavy atom. The standard InChI is InChI=1S/C14H14BrNO2/c1-17-12-6-5-10(9-16)14(8-12)18-13-4-2-3-11(15)7-13/h2-8H,9,16H2,1H3. The van der Waals surface area contributed by atoms with Crippen molar-refractivity contribution in [1.29, 1.82) is 0 Å². The normalized spacial score (nSPS) is 10.2. The van der Waals surface area contributed by atoms with E-state index in [-0.39, 0.29) is 0 Å². The van der Waals surface area contributed by atoms with E-state index in [1.54, 1.807) is 7.11 Å². The van der Waals surface area contributed by atoms with E-state index in [4.69, 9.17) is 15.2 Å². The highest BCUT2D eigenvalue weighted by atomic mass is 79.9. The van der Waals surface area contributed by atoms with Crippen LogP contribution in [0.2, 0.25) is 0 Å². The average molecular weight is 308 g/mol. The minimum absolute atomic E-state index is 0.424. The Labute approximate surface area is 115 Å². The van der Waals surface area contributed by atoms with Crippen molar-refractivity contribution in [1.82, 2.24) is 0 Å². The Morgan fingerprint density at radius 3 is 2.61 bits per heavy atom. The van der Waals surface area contributed by atoms with Gasteiger partial charge in [0.2, 0.25) is 0 Å². The number of benzene rings is 2. The van der Waals surface area contributed by atoms with Crippen LogP contribution in [-0.4, -0.2) is 7.11 Å². The third-order valence-corrected chi connectivity index (χ3v) is 3.01. The second-order valence-corrected chi connectivity index (χ2v) is 4.65. The summed E-state index contributed by atoms with van der Waals surface area (Å²) in [5.74, 6) is 2.22. The van der Waals surface area contributed by atoms with Crippen molar-refractivity contribution in [2.45, 2.75) is 6.54 Å². The molecule has 0 radical (unpaired) electrons. The molecule has 18 heavy (non-hydrogen) atoms. The van der Waals surface area contributed by atoms with Gasteiger partial charge in [-0.1, -0.05) is 28.1 Å². The lowest BCUT2D eigenvalue weighted by Gasteiger charge is -2.11. The van der Waals surface area contributed by atoms with Crippen molar-refractivity contribution in [2.24, 2.45) is 5.73 Å². The summed E-state index contributed by atoms with van der Waals surface area (Å²) in [4.78, 5) is 0. The minimum Gasteiger partial charge on any atom is -0.497 e. The first kappa shape index (κ1) is 12.9. The predicted molar refractivity (Wildman–Crippen MR) is 75.1 cm³/mol. The molecule has 0 fully saturated rings. The maximum absolute atomic E-state index is 5.83. The molecule has 0 aliphatic rings. The molecule has 2 N–H and O–H groups in total. The van der Waals surface area contributed by atoms with Gasteiger partial charge in [0.25, 0.3) is 0 Å². The van der Waals surface area contributed by atoms with Crippen LogP contribution in [0.5, 0.6) is 17.2 Å². The van der Waals surface area contributed by atoms with Gasteiger partial charge in [-0.3, -0.25) is 0 Å². The smallest absolute Gasteiger partial charge is 0.135 e. The van der Waals surface area contributed by atoms with Gasteiger partial charge in [-0.2, -0.15) is 0 Å². The van der Waals surface area contributed by atoms with Crippen molar-refractivity contribution in [3.05, 3.63) is 52.5 Å². The van der Waals surface area contributed by atoms with Gasteiger partial charge in [-0.25, -0.2) is 0 Å². The van der Waals surface area contributed by atoms with Crippen LogP contribution in [0.1, 0.15) is 5.56 Å². The molecule has 0 saturated heterocycles. The largest absolute Gasteiger partial charge is 0.497 e. The summed E-state index contributed by atoms with van der Waals surface area (Å²) in [7, 11) is 1.63. The summed E-state index contributed by atoms with van der Waals surface area (Å²) >= 11 is 3.41. The lowest BCUT2D eigenvalue weighted by molar-refractivity contribution is 0.408. The van der Waals surface area contributed by atoms with Gasteiger partial charge in [-0.15, -0.1) is 0 Å². The Kier molecular flexibility index (Phi) is 4.23. The summed E-state index contributed by atoms with van der Waals surface area (Å²) in [5, 5.41) is 0. The third kappa shape index (κ3) is 3.03. The molecule has 0 amide bonds. The van der Waals surface area contributed by atoms with Crippen LogP contribution in [0.3, 0.4) is 0 Å². The number of methoxy groups -OCH3 is 1. The molecule has 0 bridgehead atoms. The second-order valence-electron chi connectivity index (χ2n) is 3.74. The first-order chi connectivity index (χ1) is 8.72. The Hall–Kier alpha value is -1.52. The van der Waals surface area contributed by atoms with Gasteiger partial charge in [0.15, 0.2) is 0 Å². The molecule has 3 nitrogen and oxygen atoms in total. The Morgan fingerprint density at radius 2 is 1.94 bits per heavy atom. The topological polar surface area (TPSA) is 44.5 Å². The summed E-state index contributed by atoms with van der Waals surface area (Å²) in [6.45, 7) is 0.424. The molecule has 0 spiro atoms. The van der Waals surface area contributed by atoms with Crippen LogP contribution in [-0.2, 0) is 6.54 Å². The molecule has 0 aliphatic heterocycles. The van der Waals surface area contributed by atoms with Gasteiger partial charge >= 0.3 is 0 Å². The van der Waals surface area contributed by atoms with Crippen LogP contribution in [0.25, 0.3) is 0 Å². The van der Waals surface area contributed by atoms with E-state index in [0.717, 1.165) is 27.3 Å². The highest BCUT2D eigenvalue weighted by molar-refractivity contribution is 9.10. The van der Waals surface area contributed by atoms with Gasteiger partial charge in [0.1, 0.15) is 17.2 Å². The first-order valence-corrected chi connectivity index (χ1v) is 6.32. The van der Waals surface area contributed by atoms with E-state index in [1.807, 2.05) is 42.5 Å². The molecule has 0 saturated carbocycles. The molecule has 2 rings (SSSR count). The van der Waals surface area contributed by atoms with Gasteiger partial charge in [-0.05, 0) is 24.3 Å². The SMILES string of the molecule is COc1ccc(CN)c(Oc2cccc(Br)c2)c1. The molecule has 94 valence electrons. The Bertz CT molecular complexity index is 543. The van der Waals surface area contributed by atoms with Crippen molar-refractivity contribution in [3.63, 3.8) is 0 Å². The van der Waals surface area contributed by atoms with Gasteiger partial charge in [0.05, 0.1) is 7.11 Å². The van der Waals surface area contributed by atoms with Crippen molar-refractivity contribution in [2.75, 3.05) is 7.11 Å². The Balaban J connectivity index is 2.32. The number of hydrogen-bond donors (Lipinski definition) is 1. The monoisotopic (exact) mass is 307 g/mol. The fourth-order valence-corrected chi connectivity index (χ4v) is 1.96. The number of halogens is 1. The van der Waals surface area contributed by atoms with Crippen LogP contribution < -0.4 is 15.2 Å². The number of ether oxygens (including phenoxy) is 2. The molecule has 0 unspecified atom stereocenters. The molecule has 0 heterocycles. The maximum Gasteiger partial charge on any atom is 0.135 e. The van der Waals surface area contributed by atoms with E-state index in [1.165, 1.54) is 0 Å². The van der Waals surface area contributed by atoms with E-state index in [2.05, 4.69) is 15.9 Å². The zero-order valence-corrected chi connectivity index (χ0v) is 11.6. The van der Waals surface area contributed by atoms with Crippen LogP contribution in [0.15, 0.2) is 46.9 Å². The molecule has 0 aromatic heterocycles. The molecule has 2 aromatic rings. The predicted octanol–water partition coefficient (Wildman–Crippen LogP) is 3.71. The molecule has 0 aliphatic carbocycles. The van der Waals surface area contributed by atoms with Crippen molar-refractivity contribution < 1.29 is 9.47 Å². The maximum atomic E-state index is 5.83. The minimum atomic E-state index is 0.424. The van der Waals surface area contributed by atoms with Crippen LogP contribution >= 0.6 is 15.9 Å².